The summed E-state index contributed by atoms with van der Waals surface area (Å²) in [5.41, 5.74) is -0.000543. The predicted octanol–water partition coefficient (Wildman–Crippen LogP) is 2.50. The molecule has 1 aliphatic rings. The van der Waals surface area contributed by atoms with Crippen molar-refractivity contribution in [3.8, 4) is 0 Å². The molecular weight excluding hydrogens is 198 g/mol. The van der Waals surface area contributed by atoms with Crippen molar-refractivity contribution in [3.63, 3.8) is 0 Å². The van der Waals surface area contributed by atoms with Gasteiger partial charge in [0.05, 0.1) is 5.60 Å². The molecule has 2 nitrogen and oxygen atoms in total. The highest BCUT2D eigenvalue weighted by molar-refractivity contribution is 6.18. The zero-order chi connectivity index (χ0) is 10.6. The SMILES string of the molecule is COC(C)(C)CCN(CCCl)C1CC1. The number of methoxy groups -OCH3 is 1. The molecule has 0 amide bonds. The zero-order valence-electron chi connectivity index (χ0n) is 9.55. The van der Waals surface area contributed by atoms with Gasteiger partial charge in [-0.15, -0.1) is 11.6 Å². The van der Waals surface area contributed by atoms with Crippen molar-refractivity contribution in [1.29, 1.82) is 0 Å². The Balaban J connectivity index is 2.25. The highest BCUT2D eigenvalue weighted by atomic mass is 35.5. The molecule has 0 N–H and O–H groups in total. The molecule has 1 aliphatic carbocycles. The predicted molar refractivity (Wildman–Crippen MR) is 61.0 cm³/mol. The molecule has 0 radical (unpaired) electrons. The van der Waals surface area contributed by atoms with Gasteiger partial charge in [0.2, 0.25) is 0 Å². The van der Waals surface area contributed by atoms with Gasteiger partial charge >= 0.3 is 0 Å². The Labute approximate surface area is 92.6 Å². The van der Waals surface area contributed by atoms with E-state index in [-0.39, 0.29) is 5.60 Å². The Hall–Kier alpha value is 0.210. The number of ether oxygens (including phenoxy) is 1. The van der Waals surface area contributed by atoms with Gasteiger partial charge in [-0.3, -0.25) is 4.90 Å². The maximum absolute atomic E-state index is 5.78. The van der Waals surface area contributed by atoms with Crippen LogP contribution < -0.4 is 0 Å². The van der Waals surface area contributed by atoms with Crippen LogP contribution in [0.5, 0.6) is 0 Å². The smallest absolute Gasteiger partial charge is 0.0634 e. The van der Waals surface area contributed by atoms with Crippen LogP contribution in [0.3, 0.4) is 0 Å². The van der Waals surface area contributed by atoms with E-state index >= 15 is 0 Å². The van der Waals surface area contributed by atoms with Gasteiger partial charge < -0.3 is 4.74 Å². The molecule has 0 atom stereocenters. The largest absolute Gasteiger partial charge is 0.379 e. The van der Waals surface area contributed by atoms with Crippen LogP contribution in [0.1, 0.15) is 33.1 Å². The van der Waals surface area contributed by atoms with Crippen LogP contribution in [-0.4, -0.2) is 42.6 Å². The van der Waals surface area contributed by atoms with E-state index in [1.807, 2.05) is 0 Å². The molecule has 0 heterocycles. The summed E-state index contributed by atoms with van der Waals surface area (Å²) in [6.45, 7) is 6.40. The fourth-order valence-corrected chi connectivity index (χ4v) is 1.76. The number of rotatable bonds is 7. The summed E-state index contributed by atoms with van der Waals surface area (Å²) in [5.74, 6) is 0.740. The van der Waals surface area contributed by atoms with Gasteiger partial charge in [0.1, 0.15) is 0 Å². The Morgan fingerprint density at radius 1 is 1.36 bits per heavy atom. The van der Waals surface area contributed by atoms with E-state index in [4.69, 9.17) is 16.3 Å². The first-order chi connectivity index (χ1) is 6.59. The van der Waals surface area contributed by atoms with Crippen LogP contribution in [0.25, 0.3) is 0 Å². The minimum Gasteiger partial charge on any atom is -0.379 e. The second kappa shape index (κ2) is 5.34. The summed E-state index contributed by atoms with van der Waals surface area (Å²) in [4.78, 5) is 2.49. The van der Waals surface area contributed by atoms with Crippen molar-refractivity contribution >= 4 is 11.6 Å². The van der Waals surface area contributed by atoms with E-state index in [0.29, 0.717) is 0 Å². The fourth-order valence-electron chi connectivity index (χ4n) is 1.54. The molecular formula is C11H22ClNO. The molecule has 1 rings (SSSR count). The summed E-state index contributed by atoms with van der Waals surface area (Å²) >= 11 is 5.78. The van der Waals surface area contributed by atoms with Crippen LogP contribution in [0.2, 0.25) is 0 Å². The highest BCUT2D eigenvalue weighted by Gasteiger charge is 2.29. The number of alkyl halides is 1. The van der Waals surface area contributed by atoms with Crippen molar-refractivity contribution in [2.75, 3.05) is 26.1 Å². The Morgan fingerprint density at radius 2 is 2.00 bits per heavy atom. The van der Waals surface area contributed by atoms with E-state index in [1.54, 1.807) is 7.11 Å². The molecule has 3 heteroatoms. The summed E-state index contributed by atoms with van der Waals surface area (Å²) < 4.78 is 5.41. The first-order valence-electron chi connectivity index (χ1n) is 5.44. The molecule has 0 aromatic heterocycles. The third kappa shape index (κ3) is 4.16. The average molecular weight is 220 g/mol. The average Bonchev–Trinajstić information content (AvgIpc) is 2.95. The summed E-state index contributed by atoms with van der Waals surface area (Å²) in [6, 6.07) is 0.807. The third-order valence-electron chi connectivity index (χ3n) is 2.99. The van der Waals surface area contributed by atoms with Crippen LogP contribution in [0, 0.1) is 0 Å². The van der Waals surface area contributed by atoms with Crippen molar-refractivity contribution in [3.05, 3.63) is 0 Å². The fraction of sp³-hybridized carbons (Fsp3) is 1.00. The van der Waals surface area contributed by atoms with Crippen molar-refractivity contribution in [2.24, 2.45) is 0 Å². The lowest BCUT2D eigenvalue weighted by molar-refractivity contribution is 0.00725. The molecule has 1 fully saturated rings. The molecule has 1 saturated carbocycles. The van der Waals surface area contributed by atoms with Crippen LogP contribution in [0.15, 0.2) is 0 Å². The lowest BCUT2D eigenvalue weighted by Gasteiger charge is -2.28. The molecule has 0 spiro atoms. The molecule has 14 heavy (non-hydrogen) atoms. The maximum atomic E-state index is 5.78. The number of nitrogens with zero attached hydrogens (tertiary/aromatic N) is 1. The van der Waals surface area contributed by atoms with Gasteiger partial charge in [-0.1, -0.05) is 0 Å². The molecule has 0 aromatic rings. The molecule has 84 valence electrons. The molecule has 0 aliphatic heterocycles. The quantitative estimate of drug-likeness (QED) is 0.611. The number of hydrogen-bond donors (Lipinski definition) is 0. The van der Waals surface area contributed by atoms with E-state index in [2.05, 4.69) is 18.7 Å². The van der Waals surface area contributed by atoms with Crippen LogP contribution >= 0.6 is 11.6 Å². The second-order valence-electron chi connectivity index (χ2n) is 4.67. The Kier molecular flexibility index (Phi) is 4.68. The maximum Gasteiger partial charge on any atom is 0.0634 e. The summed E-state index contributed by atoms with van der Waals surface area (Å²) in [7, 11) is 1.78. The van der Waals surface area contributed by atoms with E-state index in [9.17, 15) is 0 Å². The highest BCUT2D eigenvalue weighted by Crippen LogP contribution is 2.27. The summed E-state index contributed by atoms with van der Waals surface area (Å²) in [5, 5.41) is 0. The Morgan fingerprint density at radius 3 is 2.43 bits per heavy atom. The molecule has 0 unspecified atom stereocenters. The molecule has 0 bridgehead atoms. The topological polar surface area (TPSA) is 12.5 Å². The van der Waals surface area contributed by atoms with Gasteiger partial charge in [-0.05, 0) is 33.1 Å². The Bertz CT molecular complexity index is 169. The third-order valence-corrected chi connectivity index (χ3v) is 3.16. The first kappa shape index (κ1) is 12.3. The second-order valence-corrected chi connectivity index (χ2v) is 5.05. The van der Waals surface area contributed by atoms with Crippen molar-refractivity contribution in [1.82, 2.24) is 4.90 Å². The first-order valence-corrected chi connectivity index (χ1v) is 5.97. The number of hydrogen-bond acceptors (Lipinski definition) is 2. The standard InChI is InChI=1S/C11H22ClNO/c1-11(2,14-3)6-8-13(9-7-12)10-4-5-10/h10H,4-9H2,1-3H3. The molecule has 0 saturated heterocycles. The zero-order valence-corrected chi connectivity index (χ0v) is 10.3. The minimum absolute atomic E-state index is 0.000543. The van der Waals surface area contributed by atoms with Crippen molar-refractivity contribution in [2.45, 2.75) is 44.8 Å². The number of halogens is 1. The van der Waals surface area contributed by atoms with Gasteiger partial charge in [-0.2, -0.15) is 0 Å². The van der Waals surface area contributed by atoms with Gasteiger partial charge in [0.15, 0.2) is 0 Å². The van der Waals surface area contributed by atoms with E-state index in [0.717, 1.165) is 31.4 Å². The molecule has 0 aromatic carbocycles. The minimum atomic E-state index is -0.000543. The lowest BCUT2D eigenvalue weighted by atomic mass is 10.1. The van der Waals surface area contributed by atoms with Crippen LogP contribution in [-0.2, 0) is 4.74 Å². The normalized spacial score (nSPS) is 17.8. The van der Waals surface area contributed by atoms with E-state index in [1.165, 1.54) is 12.8 Å². The van der Waals surface area contributed by atoms with E-state index < -0.39 is 0 Å². The summed E-state index contributed by atoms with van der Waals surface area (Å²) in [6.07, 6.45) is 3.78. The van der Waals surface area contributed by atoms with Gasteiger partial charge in [0, 0.05) is 32.1 Å². The monoisotopic (exact) mass is 219 g/mol. The van der Waals surface area contributed by atoms with Crippen molar-refractivity contribution < 1.29 is 4.74 Å². The lowest BCUT2D eigenvalue weighted by Crippen LogP contribution is -2.34. The van der Waals surface area contributed by atoms with Crippen LogP contribution in [0.4, 0.5) is 0 Å². The van der Waals surface area contributed by atoms with Gasteiger partial charge in [0.25, 0.3) is 0 Å². The van der Waals surface area contributed by atoms with Gasteiger partial charge in [-0.25, -0.2) is 0 Å².